The van der Waals surface area contributed by atoms with Gasteiger partial charge in [0.1, 0.15) is 0 Å². The van der Waals surface area contributed by atoms with Gasteiger partial charge in [-0.1, -0.05) is 18.2 Å². The molecule has 14 heavy (non-hydrogen) atoms. The van der Waals surface area contributed by atoms with Gasteiger partial charge in [-0.15, -0.1) is 0 Å². The van der Waals surface area contributed by atoms with Crippen LogP contribution in [0.5, 0.6) is 0 Å². The highest BCUT2D eigenvalue weighted by atomic mass is 14.8. The molecule has 2 nitrogen and oxygen atoms in total. The molecule has 0 fully saturated rings. The van der Waals surface area contributed by atoms with Crippen molar-refractivity contribution in [3.8, 4) is 0 Å². The monoisotopic (exact) mass is 180 g/mol. The van der Waals surface area contributed by atoms with Gasteiger partial charge >= 0.3 is 0 Å². The van der Waals surface area contributed by atoms with E-state index in [-0.39, 0.29) is 0 Å². The fourth-order valence-electron chi connectivity index (χ4n) is 1.78. The number of hydrogen-bond donors (Lipinski definition) is 1. The zero-order valence-corrected chi connectivity index (χ0v) is 7.49. The Labute approximate surface area is 81.8 Å². The molecule has 0 spiro atoms. The minimum atomic E-state index is 0.538. The quantitative estimate of drug-likeness (QED) is 0.596. The first kappa shape index (κ1) is 7.44. The zero-order valence-electron chi connectivity index (χ0n) is 7.49. The molecular formula is C12H8N2. The molecule has 2 heteroatoms. The molecule has 0 amide bonds. The summed E-state index contributed by atoms with van der Waals surface area (Å²) in [5.74, 6) is 0. The molecule has 66 valence electrons. The highest BCUT2D eigenvalue weighted by Gasteiger charge is 2.20. The third-order valence-corrected chi connectivity index (χ3v) is 2.43. The molecular weight excluding hydrogens is 172 g/mol. The topological polar surface area (TPSA) is 36.2 Å². The molecule has 1 aliphatic carbocycles. The van der Waals surface area contributed by atoms with E-state index in [2.05, 4.69) is 4.99 Å². The van der Waals surface area contributed by atoms with Crippen molar-refractivity contribution in [1.29, 1.82) is 5.41 Å². The number of aliphatic imine (C=N–C) groups is 1. The van der Waals surface area contributed by atoms with E-state index < -0.39 is 0 Å². The molecule has 1 heterocycles. The second-order valence-corrected chi connectivity index (χ2v) is 3.36. The van der Waals surface area contributed by atoms with Crippen molar-refractivity contribution in [3.05, 3.63) is 48.1 Å². The van der Waals surface area contributed by atoms with Gasteiger partial charge in [-0.25, -0.2) is 4.99 Å². The van der Waals surface area contributed by atoms with E-state index in [1.54, 1.807) is 6.08 Å². The molecule has 3 rings (SSSR count). The van der Waals surface area contributed by atoms with E-state index in [1.165, 1.54) is 0 Å². The summed E-state index contributed by atoms with van der Waals surface area (Å²) >= 11 is 0. The predicted octanol–water partition coefficient (Wildman–Crippen LogP) is 2.75. The van der Waals surface area contributed by atoms with Crippen LogP contribution in [0.15, 0.2) is 47.5 Å². The van der Waals surface area contributed by atoms with Crippen LogP contribution in [-0.2, 0) is 0 Å². The van der Waals surface area contributed by atoms with E-state index in [4.69, 9.17) is 5.41 Å². The maximum atomic E-state index is 7.56. The van der Waals surface area contributed by atoms with Gasteiger partial charge in [0, 0.05) is 11.1 Å². The number of para-hydroxylation sites is 1. The van der Waals surface area contributed by atoms with Crippen LogP contribution >= 0.6 is 0 Å². The lowest BCUT2D eigenvalue weighted by molar-refractivity contribution is 1.53. The smallest absolute Gasteiger partial charge is 0.0717 e. The number of benzene rings is 1. The first-order valence-corrected chi connectivity index (χ1v) is 4.51. The summed E-state index contributed by atoms with van der Waals surface area (Å²) < 4.78 is 0. The lowest BCUT2D eigenvalue weighted by atomic mass is 9.97. The summed E-state index contributed by atoms with van der Waals surface area (Å²) in [5.41, 5.74) is 4.73. The lowest BCUT2D eigenvalue weighted by Crippen LogP contribution is -2.02. The minimum Gasteiger partial charge on any atom is -0.301 e. The second kappa shape index (κ2) is 2.51. The van der Waals surface area contributed by atoms with Crippen LogP contribution in [-0.4, -0.2) is 11.4 Å². The normalized spacial score (nSPS) is 17.3. The summed E-state index contributed by atoms with van der Waals surface area (Å²) in [7, 11) is 0. The van der Waals surface area contributed by atoms with Crippen molar-refractivity contribution in [2.24, 2.45) is 4.99 Å². The fraction of sp³-hybridized carbons (Fsp3) is 0. The number of nitrogens with one attached hydrogen (secondary N) is 1. The van der Waals surface area contributed by atoms with Gasteiger partial charge in [-0.05, 0) is 24.3 Å². The Morgan fingerprint density at radius 1 is 1.07 bits per heavy atom. The Morgan fingerprint density at radius 2 is 1.93 bits per heavy atom. The molecule has 0 aromatic heterocycles. The van der Waals surface area contributed by atoms with Crippen LogP contribution in [0, 0.1) is 5.41 Å². The molecule has 0 saturated carbocycles. The number of rotatable bonds is 0. The molecule has 0 bridgehead atoms. The molecule has 2 aliphatic rings. The molecule has 1 N–H and O–H groups in total. The van der Waals surface area contributed by atoms with E-state index >= 15 is 0 Å². The van der Waals surface area contributed by atoms with Crippen LogP contribution in [0.25, 0.3) is 5.57 Å². The average Bonchev–Trinajstić information content (AvgIpc) is 2.56. The molecule has 1 aliphatic heterocycles. The van der Waals surface area contributed by atoms with E-state index in [0.717, 1.165) is 22.5 Å². The second-order valence-electron chi connectivity index (χ2n) is 3.36. The van der Waals surface area contributed by atoms with Crippen LogP contribution in [0.1, 0.15) is 5.56 Å². The van der Waals surface area contributed by atoms with Crippen LogP contribution in [0.4, 0.5) is 5.69 Å². The lowest BCUT2D eigenvalue weighted by Gasteiger charge is -2.04. The van der Waals surface area contributed by atoms with Gasteiger partial charge in [0.15, 0.2) is 0 Å². The van der Waals surface area contributed by atoms with Gasteiger partial charge in [-0.3, -0.25) is 0 Å². The van der Waals surface area contributed by atoms with Crippen LogP contribution in [0.2, 0.25) is 0 Å². The van der Waals surface area contributed by atoms with E-state index in [1.807, 2.05) is 36.4 Å². The maximum absolute atomic E-state index is 7.56. The molecule has 0 radical (unpaired) electrons. The number of hydrogen-bond acceptors (Lipinski definition) is 2. The largest absolute Gasteiger partial charge is 0.301 e. The van der Waals surface area contributed by atoms with Crippen LogP contribution < -0.4 is 0 Å². The molecule has 0 atom stereocenters. The van der Waals surface area contributed by atoms with Crippen molar-refractivity contribution in [3.63, 3.8) is 0 Å². The zero-order chi connectivity index (χ0) is 9.54. The summed E-state index contributed by atoms with van der Waals surface area (Å²) in [6.45, 7) is 0. The van der Waals surface area contributed by atoms with Crippen molar-refractivity contribution in [2.75, 3.05) is 0 Å². The van der Waals surface area contributed by atoms with Crippen molar-refractivity contribution in [2.45, 2.75) is 0 Å². The summed E-state index contributed by atoms with van der Waals surface area (Å²) in [6.07, 6.45) is 5.54. The van der Waals surface area contributed by atoms with Gasteiger partial charge < -0.3 is 5.41 Å². The Bertz CT molecular complexity index is 519. The Morgan fingerprint density at radius 3 is 2.86 bits per heavy atom. The van der Waals surface area contributed by atoms with E-state index in [9.17, 15) is 0 Å². The van der Waals surface area contributed by atoms with Crippen molar-refractivity contribution in [1.82, 2.24) is 0 Å². The highest BCUT2D eigenvalue weighted by Crippen LogP contribution is 2.35. The van der Waals surface area contributed by atoms with Gasteiger partial charge in [0.25, 0.3) is 0 Å². The average molecular weight is 180 g/mol. The third kappa shape index (κ3) is 0.909. The minimum absolute atomic E-state index is 0.538. The van der Waals surface area contributed by atoms with Crippen LogP contribution in [0.3, 0.4) is 0 Å². The van der Waals surface area contributed by atoms with Gasteiger partial charge in [0.05, 0.1) is 17.1 Å². The standard InChI is InChI=1S/C12H8N2/c13-8-5-6-12-10(7-8)9-3-1-2-4-11(9)14-12/h1-7,13H. The Balaban J connectivity index is 2.27. The SMILES string of the molecule is N=C1C=CC2=Nc3ccccc3C2=C1. The van der Waals surface area contributed by atoms with Gasteiger partial charge in [-0.2, -0.15) is 0 Å². The summed E-state index contributed by atoms with van der Waals surface area (Å²) in [4.78, 5) is 4.47. The maximum Gasteiger partial charge on any atom is 0.0717 e. The van der Waals surface area contributed by atoms with Crippen molar-refractivity contribution < 1.29 is 0 Å². The first-order chi connectivity index (χ1) is 6.84. The summed E-state index contributed by atoms with van der Waals surface area (Å²) in [5, 5.41) is 7.56. The van der Waals surface area contributed by atoms with Crippen molar-refractivity contribution >= 4 is 22.7 Å². The Hall–Kier alpha value is -1.96. The highest BCUT2D eigenvalue weighted by molar-refractivity contribution is 6.39. The fourth-order valence-corrected chi connectivity index (χ4v) is 1.78. The first-order valence-electron chi connectivity index (χ1n) is 4.51. The molecule has 0 saturated heterocycles. The molecule has 1 aromatic rings. The number of nitrogens with zero attached hydrogens (tertiary/aromatic N) is 1. The molecule has 0 unspecified atom stereocenters. The summed E-state index contributed by atoms with van der Waals surface area (Å²) in [6, 6.07) is 8.03. The predicted molar refractivity (Wildman–Crippen MR) is 58.4 cm³/mol. The van der Waals surface area contributed by atoms with Gasteiger partial charge in [0.2, 0.25) is 0 Å². The number of allylic oxidation sites excluding steroid dienone is 4. The van der Waals surface area contributed by atoms with E-state index in [0.29, 0.717) is 5.71 Å². The third-order valence-electron chi connectivity index (χ3n) is 2.43. The Kier molecular flexibility index (Phi) is 1.34. The molecule has 1 aromatic carbocycles. The number of fused-ring (bicyclic) bond motifs is 3.